The summed E-state index contributed by atoms with van der Waals surface area (Å²) in [6, 6.07) is 1.62. The van der Waals surface area contributed by atoms with Crippen LogP contribution < -0.4 is 0 Å². The first kappa shape index (κ1) is 17.6. The van der Waals surface area contributed by atoms with Gasteiger partial charge in [0, 0.05) is 18.7 Å². The molecule has 3 aromatic heterocycles. The van der Waals surface area contributed by atoms with Crippen molar-refractivity contribution in [3.8, 4) is 0 Å². The number of hydrogen-bond donors (Lipinski definition) is 0. The molecule has 0 N–H and O–H groups in total. The second kappa shape index (κ2) is 7.09. The molecule has 1 saturated heterocycles. The van der Waals surface area contributed by atoms with Crippen LogP contribution in [0.3, 0.4) is 0 Å². The molecule has 1 aliphatic heterocycles. The third-order valence-corrected chi connectivity index (χ3v) is 5.02. The van der Waals surface area contributed by atoms with E-state index in [1.165, 1.54) is 0 Å². The Morgan fingerprint density at radius 3 is 2.85 bits per heavy atom. The van der Waals surface area contributed by atoms with Gasteiger partial charge < -0.3 is 13.9 Å². The number of aryl methyl sites for hydroxylation is 1. The molecule has 1 aliphatic rings. The lowest BCUT2D eigenvalue weighted by atomic mass is 10.1. The van der Waals surface area contributed by atoms with E-state index in [1.807, 2.05) is 25.7 Å². The van der Waals surface area contributed by atoms with Crippen molar-refractivity contribution in [2.45, 2.75) is 58.4 Å². The molecule has 142 valence electrons. The van der Waals surface area contributed by atoms with Crippen molar-refractivity contribution in [3.05, 3.63) is 35.2 Å². The van der Waals surface area contributed by atoms with Crippen molar-refractivity contribution >= 4 is 17.0 Å². The van der Waals surface area contributed by atoms with Gasteiger partial charge >= 0.3 is 0 Å². The van der Waals surface area contributed by atoms with E-state index in [4.69, 9.17) is 9.05 Å². The molecule has 4 heterocycles. The fourth-order valence-electron chi connectivity index (χ4n) is 3.46. The van der Waals surface area contributed by atoms with Gasteiger partial charge in [0.15, 0.2) is 5.82 Å². The first-order valence-electron chi connectivity index (χ1n) is 9.41. The summed E-state index contributed by atoms with van der Waals surface area (Å²) in [5.41, 5.74) is 1.68. The minimum atomic E-state index is -0.185. The first-order chi connectivity index (χ1) is 13.0. The lowest BCUT2D eigenvalue weighted by Crippen LogP contribution is -2.35. The van der Waals surface area contributed by atoms with E-state index in [0.29, 0.717) is 29.5 Å². The molecular weight excluding hydrogens is 346 g/mol. The van der Waals surface area contributed by atoms with E-state index >= 15 is 0 Å². The zero-order chi connectivity index (χ0) is 19.0. The molecule has 0 radical (unpaired) electrons. The number of nitrogens with zero attached hydrogens (tertiary/aromatic N) is 5. The molecule has 0 spiro atoms. The number of pyridine rings is 1. The monoisotopic (exact) mass is 369 g/mol. The van der Waals surface area contributed by atoms with E-state index in [0.717, 1.165) is 36.8 Å². The molecular formula is C19H23N5O3. The van der Waals surface area contributed by atoms with Crippen LogP contribution in [0.15, 0.2) is 21.3 Å². The molecule has 4 rings (SSSR count). The normalized spacial score (nSPS) is 18.2. The van der Waals surface area contributed by atoms with Crippen LogP contribution in [-0.2, 0) is 0 Å². The van der Waals surface area contributed by atoms with Crippen molar-refractivity contribution in [2.24, 2.45) is 0 Å². The van der Waals surface area contributed by atoms with Crippen molar-refractivity contribution in [3.63, 3.8) is 0 Å². The SMILES string of the molecule is Cc1noc2ncc(C(=O)N3CCCCCC3c3noc(C(C)C)n3)cc12. The van der Waals surface area contributed by atoms with Crippen LogP contribution in [0.4, 0.5) is 0 Å². The van der Waals surface area contributed by atoms with Crippen LogP contribution in [0, 0.1) is 6.92 Å². The molecule has 0 saturated carbocycles. The molecule has 1 amide bonds. The number of carbonyl (C=O) groups excluding carboxylic acids is 1. The maximum atomic E-state index is 13.3. The summed E-state index contributed by atoms with van der Waals surface area (Å²) in [6.45, 7) is 6.52. The number of hydrogen-bond acceptors (Lipinski definition) is 7. The zero-order valence-electron chi connectivity index (χ0n) is 15.8. The Kier molecular flexibility index (Phi) is 4.63. The summed E-state index contributed by atoms with van der Waals surface area (Å²) < 4.78 is 10.5. The Hall–Kier alpha value is -2.77. The van der Waals surface area contributed by atoms with Crippen LogP contribution in [0.25, 0.3) is 11.1 Å². The van der Waals surface area contributed by atoms with Gasteiger partial charge in [-0.15, -0.1) is 0 Å². The minimum Gasteiger partial charge on any atom is -0.339 e. The number of rotatable bonds is 3. The Morgan fingerprint density at radius 1 is 1.22 bits per heavy atom. The van der Waals surface area contributed by atoms with E-state index in [-0.39, 0.29) is 17.9 Å². The van der Waals surface area contributed by atoms with Gasteiger partial charge in [0.25, 0.3) is 11.6 Å². The zero-order valence-corrected chi connectivity index (χ0v) is 15.8. The van der Waals surface area contributed by atoms with E-state index < -0.39 is 0 Å². The average molecular weight is 369 g/mol. The second-order valence-electron chi connectivity index (χ2n) is 7.35. The molecule has 0 bridgehead atoms. The van der Waals surface area contributed by atoms with Gasteiger partial charge in [-0.3, -0.25) is 4.79 Å². The highest BCUT2D eigenvalue weighted by molar-refractivity contribution is 5.97. The van der Waals surface area contributed by atoms with Crippen molar-refractivity contribution < 1.29 is 13.8 Å². The molecule has 8 heteroatoms. The predicted molar refractivity (Wildman–Crippen MR) is 97.2 cm³/mol. The molecule has 0 aliphatic carbocycles. The highest BCUT2D eigenvalue weighted by Crippen LogP contribution is 2.31. The number of amides is 1. The summed E-state index contributed by atoms with van der Waals surface area (Å²) >= 11 is 0. The van der Waals surface area contributed by atoms with Crippen LogP contribution in [-0.4, -0.2) is 37.6 Å². The lowest BCUT2D eigenvalue weighted by Gasteiger charge is -2.27. The van der Waals surface area contributed by atoms with Crippen molar-refractivity contribution in [2.75, 3.05) is 6.54 Å². The molecule has 0 aromatic carbocycles. The fourth-order valence-corrected chi connectivity index (χ4v) is 3.46. The smallest absolute Gasteiger partial charge is 0.257 e. The molecule has 1 unspecified atom stereocenters. The van der Waals surface area contributed by atoms with Gasteiger partial charge in [-0.1, -0.05) is 37.0 Å². The van der Waals surface area contributed by atoms with Gasteiger partial charge in [-0.25, -0.2) is 4.98 Å². The van der Waals surface area contributed by atoms with Gasteiger partial charge in [-0.05, 0) is 25.8 Å². The maximum absolute atomic E-state index is 13.3. The number of likely N-dealkylation sites (tertiary alicyclic amines) is 1. The largest absolute Gasteiger partial charge is 0.339 e. The topological polar surface area (TPSA) is 98.2 Å². The number of fused-ring (bicyclic) bond motifs is 1. The minimum absolute atomic E-state index is 0.0761. The highest BCUT2D eigenvalue weighted by atomic mass is 16.5. The third-order valence-electron chi connectivity index (χ3n) is 5.02. The van der Waals surface area contributed by atoms with Gasteiger partial charge in [-0.2, -0.15) is 4.98 Å². The Labute approximate surface area is 156 Å². The Morgan fingerprint density at radius 2 is 2.07 bits per heavy atom. The van der Waals surface area contributed by atoms with Crippen LogP contribution in [0.1, 0.15) is 79.3 Å². The first-order valence-corrected chi connectivity index (χ1v) is 9.41. The molecule has 8 nitrogen and oxygen atoms in total. The predicted octanol–water partition coefficient (Wildman–Crippen LogP) is 3.80. The van der Waals surface area contributed by atoms with Crippen molar-refractivity contribution in [1.82, 2.24) is 25.2 Å². The lowest BCUT2D eigenvalue weighted by molar-refractivity contribution is 0.0670. The van der Waals surface area contributed by atoms with Crippen molar-refractivity contribution in [1.29, 1.82) is 0 Å². The maximum Gasteiger partial charge on any atom is 0.257 e. The molecule has 3 aromatic rings. The quantitative estimate of drug-likeness (QED) is 0.692. The van der Waals surface area contributed by atoms with Gasteiger partial charge in [0.05, 0.1) is 22.7 Å². The van der Waals surface area contributed by atoms with Crippen LogP contribution >= 0.6 is 0 Å². The summed E-state index contributed by atoms with van der Waals surface area (Å²) in [4.78, 5) is 23.9. The summed E-state index contributed by atoms with van der Waals surface area (Å²) in [5.74, 6) is 1.27. The Balaban J connectivity index is 1.68. The molecule has 27 heavy (non-hydrogen) atoms. The summed E-state index contributed by atoms with van der Waals surface area (Å²) in [6.07, 6.45) is 5.44. The summed E-state index contributed by atoms with van der Waals surface area (Å²) in [5, 5.41) is 8.83. The molecule has 1 fully saturated rings. The molecule has 1 atom stereocenters. The number of aromatic nitrogens is 4. The van der Waals surface area contributed by atoms with Gasteiger partial charge in [0.2, 0.25) is 5.89 Å². The Bertz CT molecular complexity index is 961. The second-order valence-corrected chi connectivity index (χ2v) is 7.35. The number of carbonyl (C=O) groups is 1. The fraction of sp³-hybridized carbons (Fsp3) is 0.526. The standard InChI is InChI=1S/C19H23N5O3/c1-11(2)17-21-16(23-26-17)15-7-5-4-6-8-24(15)19(25)13-9-14-12(3)22-27-18(14)20-10-13/h9-11,15H,4-8H2,1-3H3. The van der Waals surface area contributed by atoms with E-state index in [9.17, 15) is 4.79 Å². The average Bonchev–Trinajstić information content (AvgIpc) is 3.22. The van der Waals surface area contributed by atoms with Crippen LogP contribution in [0.2, 0.25) is 0 Å². The third kappa shape index (κ3) is 3.31. The highest BCUT2D eigenvalue weighted by Gasteiger charge is 2.31. The van der Waals surface area contributed by atoms with E-state index in [1.54, 1.807) is 12.3 Å². The van der Waals surface area contributed by atoms with Gasteiger partial charge in [0.1, 0.15) is 0 Å². The van der Waals surface area contributed by atoms with Crippen LogP contribution in [0.5, 0.6) is 0 Å². The van der Waals surface area contributed by atoms with E-state index in [2.05, 4.69) is 20.3 Å². The summed E-state index contributed by atoms with van der Waals surface area (Å²) in [7, 11) is 0.